The van der Waals surface area contributed by atoms with Crippen LogP contribution in [0.1, 0.15) is 40.0 Å². The molecule has 1 aliphatic heterocycles. The Labute approximate surface area is 548 Å². The van der Waals surface area contributed by atoms with Crippen molar-refractivity contribution in [3.8, 4) is 84.3 Å². The van der Waals surface area contributed by atoms with E-state index < -0.39 is 68.5 Å². The van der Waals surface area contributed by atoms with Crippen LogP contribution in [0.3, 0.4) is 0 Å². The Balaban J connectivity index is 0.00000798. The fraction of sp³-hybridized carbons (Fsp3) is 0.0488. The minimum absolute atomic E-state index is 0. The van der Waals surface area contributed by atoms with Gasteiger partial charge in [-0.15, -0.1) is 29.7 Å². The Morgan fingerprint density at radius 1 is 0.472 bits per heavy atom. The molecule has 16 rings (SSSR count). The molecule has 1 aliphatic rings. The topological polar surface area (TPSA) is 35.9 Å². The average molecular weight is 1350 g/mol. The number of hydrogen-bond donors (Lipinski definition) is 0. The summed E-state index contributed by atoms with van der Waals surface area (Å²) in [6.45, 7) is 6.57. The maximum absolute atomic E-state index is 9.15. The molecule has 7 heteroatoms. The molecule has 0 bridgehead atoms. The second-order valence-electron chi connectivity index (χ2n) is 23.1. The number of pyridine rings is 1. The molecule has 428 valence electrons. The molecule has 0 aliphatic carbocycles. The van der Waals surface area contributed by atoms with Crippen molar-refractivity contribution in [1.82, 2.24) is 14.1 Å². The smallest absolute Gasteiger partial charge is 0.268 e. The standard InChI is InChI=1S/C82H58N4OSi.Pt/c1-82(2,3)60-48-49-83-80(52-60)86-74-47-44-59(58-28-21-33-65(50-58)88(64-31-11-6-12-32-64)78-42-19-15-36-71(78)68-34-13-14-35-69(68)72-37-16-20-43-79(72)88)51-73(74)70-46-45-63(54-77(70)86)87-62-30-22-29-61(53-62)84-55-85(76-41-18-17-40-75(76)84)81-66(56-24-7-4-8-25-56)38-23-39-67(81)57-26-9-5-10-27-57;/h4-52H,1-3H3;/q-2;/i4D,5D,7D,8D,9D,10D,24D,25D,26D,27D;. The van der Waals surface area contributed by atoms with Crippen LogP contribution in [0.2, 0.25) is 0 Å². The molecule has 0 spiro atoms. The average Bonchev–Trinajstić information content (AvgIpc) is 1.67. The summed E-state index contributed by atoms with van der Waals surface area (Å²) >= 11 is 0. The second-order valence-corrected chi connectivity index (χ2v) is 26.8. The number of hydrogen-bond acceptors (Lipinski definition) is 2. The molecule has 0 saturated carbocycles. The van der Waals surface area contributed by atoms with E-state index in [0.29, 0.717) is 28.2 Å². The summed E-state index contributed by atoms with van der Waals surface area (Å²) in [6.07, 6.45) is 5.32. The molecule has 4 heterocycles. The van der Waals surface area contributed by atoms with Crippen LogP contribution in [-0.2, 0) is 26.5 Å². The summed E-state index contributed by atoms with van der Waals surface area (Å²) in [5.74, 6) is 1.47. The first-order chi connectivity index (χ1) is 47.4. The normalized spacial score (nSPS) is 14.0. The number of para-hydroxylation sites is 3. The number of rotatable bonds is 10. The van der Waals surface area contributed by atoms with Gasteiger partial charge < -0.3 is 13.9 Å². The first-order valence-corrected chi connectivity index (χ1v) is 31.3. The van der Waals surface area contributed by atoms with Crippen LogP contribution in [0.25, 0.3) is 106 Å². The van der Waals surface area contributed by atoms with Crippen molar-refractivity contribution in [3.05, 3.63) is 321 Å². The van der Waals surface area contributed by atoms with Crippen LogP contribution >= 0.6 is 0 Å². The minimum Gasteiger partial charge on any atom is -0.510 e. The van der Waals surface area contributed by atoms with Gasteiger partial charge in [0.05, 0.1) is 30.4 Å². The van der Waals surface area contributed by atoms with Crippen molar-refractivity contribution in [2.24, 2.45) is 0 Å². The van der Waals surface area contributed by atoms with Crippen molar-refractivity contribution in [1.29, 1.82) is 0 Å². The molecule has 89 heavy (non-hydrogen) atoms. The maximum atomic E-state index is 9.15. The Kier molecular flexibility index (Phi) is 11.4. The zero-order valence-electron chi connectivity index (χ0n) is 58.5. The third-order valence-electron chi connectivity index (χ3n) is 17.1. The van der Waals surface area contributed by atoms with Gasteiger partial charge in [0.1, 0.15) is 5.82 Å². The van der Waals surface area contributed by atoms with E-state index >= 15 is 0 Å². The Hall–Kier alpha value is -10.2. The minimum atomic E-state index is -3.07. The molecule has 5 nitrogen and oxygen atoms in total. The van der Waals surface area contributed by atoms with Crippen molar-refractivity contribution in [2.75, 3.05) is 0 Å². The van der Waals surface area contributed by atoms with Gasteiger partial charge in [-0.25, -0.2) is 4.98 Å². The molecule has 12 aromatic carbocycles. The van der Waals surface area contributed by atoms with Crippen LogP contribution in [0.15, 0.2) is 297 Å². The first kappa shape index (κ1) is 45.1. The quantitative estimate of drug-likeness (QED) is 0.0777. The predicted octanol–water partition coefficient (Wildman–Crippen LogP) is 16.9. The van der Waals surface area contributed by atoms with E-state index in [2.05, 4.69) is 208 Å². The molecular weight excluding hydrogens is 1280 g/mol. The molecule has 0 N–H and O–H groups in total. The van der Waals surface area contributed by atoms with E-state index in [4.69, 9.17) is 23.4 Å². The van der Waals surface area contributed by atoms with Gasteiger partial charge >= 0.3 is 0 Å². The number of ether oxygens (including phenoxy) is 1. The third-order valence-corrected chi connectivity index (χ3v) is 21.9. The molecule has 0 radical (unpaired) electrons. The van der Waals surface area contributed by atoms with E-state index in [9.17, 15) is 0 Å². The van der Waals surface area contributed by atoms with Crippen molar-refractivity contribution < 1.29 is 44.1 Å². The molecule has 0 unspecified atom stereocenters. The number of benzene rings is 12. The van der Waals surface area contributed by atoms with Crippen molar-refractivity contribution in [2.45, 2.75) is 26.2 Å². The number of aromatic nitrogens is 4. The number of imidazole rings is 1. The summed E-state index contributed by atoms with van der Waals surface area (Å²) in [7, 11) is -3.07. The molecule has 0 fully saturated rings. The first-order valence-electron chi connectivity index (χ1n) is 34.3. The zero-order valence-corrected chi connectivity index (χ0v) is 51.8. The van der Waals surface area contributed by atoms with Gasteiger partial charge in [-0.3, -0.25) is 4.57 Å². The number of nitrogens with zero attached hydrogens (tertiary/aromatic N) is 4. The fourth-order valence-electron chi connectivity index (χ4n) is 13.1. The van der Waals surface area contributed by atoms with Gasteiger partial charge in [0.2, 0.25) is 0 Å². The molecular formula is C82H58N4OPtSi-2. The van der Waals surface area contributed by atoms with Crippen LogP contribution in [0, 0.1) is 18.5 Å². The van der Waals surface area contributed by atoms with E-state index in [1.165, 1.54) is 43.0 Å². The van der Waals surface area contributed by atoms with E-state index in [-0.39, 0.29) is 54.4 Å². The molecule has 15 aromatic rings. The Morgan fingerprint density at radius 2 is 1.06 bits per heavy atom. The van der Waals surface area contributed by atoms with Gasteiger partial charge in [-0.05, 0) is 117 Å². The van der Waals surface area contributed by atoms with Gasteiger partial charge in [-0.1, -0.05) is 269 Å². The number of fused-ring (bicyclic) bond motifs is 9. The molecule has 3 aromatic heterocycles. The molecule has 0 atom stereocenters. The monoisotopic (exact) mass is 1350 g/mol. The summed E-state index contributed by atoms with van der Waals surface area (Å²) in [6, 6.07) is 81.4. The SMILES string of the molecule is [2H]c1c([2H])c([2H])c(-c2cccc(-c3c([2H])c([2H])c([2H])c([2H])c3[2H])c2-[n+]2[c-]n(-c3[c-]c(Oc4[c-]c5c(cc4)c4cc(-c6cccc([Si]7(c8ccccc8)c8ccccc8-c8ccccc8-c8ccccc87)c6)ccc4n5-c4cc(C(C)(C)C)ccn4)ccc3)c3ccccc32)c([2H])c1[2H].[Pt]. The largest absolute Gasteiger partial charge is 0.510 e. The van der Waals surface area contributed by atoms with Crippen LogP contribution < -0.4 is 30.1 Å². The summed E-state index contributed by atoms with van der Waals surface area (Å²) in [5, 5.41) is 7.20. The van der Waals surface area contributed by atoms with Crippen LogP contribution in [-0.4, -0.2) is 22.2 Å². The van der Waals surface area contributed by atoms with Crippen LogP contribution in [0.4, 0.5) is 0 Å². The van der Waals surface area contributed by atoms with Gasteiger partial charge in [0.15, 0.2) is 8.07 Å². The fourth-order valence-corrected chi connectivity index (χ4v) is 18.3. The maximum Gasteiger partial charge on any atom is 0.268 e. The summed E-state index contributed by atoms with van der Waals surface area (Å²) in [4.78, 5) is 5.03. The van der Waals surface area contributed by atoms with Gasteiger partial charge in [0, 0.05) is 44.3 Å². The summed E-state index contributed by atoms with van der Waals surface area (Å²) in [5.41, 5.74) is 11.4. The Morgan fingerprint density at radius 3 is 1.75 bits per heavy atom. The Bertz CT molecular complexity index is 5620. The predicted molar refractivity (Wildman–Crippen MR) is 363 cm³/mol. The zero-order chi connectivity index (χ0) is 67.6. The third kappa shape index (κ3) is 9.41. The van der Waals surface area contributed by atoms with E-state index in [1.807, 2.05) is 48.7 Å². The van der Waals surface area contributed by atoms with Gasteiger partial charge in [-0.2, -0.15) is 18.2 Å². The van der Waals surface area contributed by atoms with Crippen LogP contribution in [0.5, 0.6) is 11.5 Å². The van der Waals surface area contributed by atoms with Crippen molar-refractivity contribution >= 4 is 61.7 Å². The van der Waals surface area contributed by atoms with E-state index in [1.54, 1.807) is 33.4 Å². The second kappa shape index (κ2) is 22.5. The van der Waals surface area contributed by atoms with Gasteiger partial charge in [0.25, 0.3) is 6.33 Å². The summed E-state index contributed by atoms with van der Waals surface area (Å²) < 4.78 is 101. The molecule has 0 amide bonds. The van der Waals surface area contributed by atoms with Crippen molar-refractivity contribution in [3.63, 3.8) is 0 Å². The van der Waals surface area contributed by atoms with E-state index in [0.717, 1.165) is 44.3 Å². The molecule has 0 saturated heterocycles.